The molecule has 0 spiro atoms. The van der Waals surface area contributed by atoms with Crippen LogP contribution in [0.15, 0.2) is 48.5 Å². The van der Waals surface area contributed by atoms with Crippen LogP contribution >= 0.6 is 0 Å². The van der Waals surface area contributed by atoms with Crippen molar-refractivity contribution in [1.82, 2.24) is 10.2 Å². The second-order valence-electron chi connectivity index (χ2n) is 9.40. The summed E-state index contributed by atoms with van der Waals surface area (Å²) < 4.78 is 26.4. The van der Waals surface area contributed by atoms with E-state index >= 15 is 0 Å². The van der Waals surface area contributed by atoms with Crippen molar-refractivity contribution in [2.24, 2.45) is 0 Å². The molecule has 1 saturated carbocycles. The molecular weight excluding hydrogens is 462 g/mol. The number of carbonyl (C=O) groups excluding carboxylic acids is 2. The summed E-state index contributed by atoms with van der Waals surface area (Å²) in [6, 6.07) is 14.2. The molecule has 1 N–H and O–H groups in total. The third-order valence-electron chi connectivity index (χ3n) is 6.78. The maximum Gasteiger partial charge on any atom is 0.244 e. The van der Waals surface area contributed by atoms with Crippen LogP contribution in [0.4, 0.5) is 5.69 Å². The van der Waals surface area contributed by atoms with E-state index in [1.807, 2.05) is 50.2 Å². The molecule has 190 valence electrons. The molecule has 1 fully saturated rings. The minimum atomic E-state index is -3.73. The Bertz CT molecular complexity index is 1130. The lowest BCUT2D eigenvalue weighted by atomic mass is 10.1. The summed E-state index contributed by atoms with van der Waals surface area (Å²) in [6.07, 6.45) is 5.99. The highest BCUT2D eigenvalue weighted by atomic mass is 32.2. The van der Waals surface area contributed by atoms with Crippen LogP contribution < -0.4 is 9.62 Å². The Morgan fingerprint density at radius 3 is 2.26 bits per heavy atom. The Morgan fingerprint density at radius 1 is 1.06 bits per heavy atom. The van der Waals surface area contributed by atoms with Crippen LogP contribution in [0.25, 0.3) is 0 Å². The second kappa shape index (κ2) is 11.7. The first-order chi connectivity index (χ1) is 16.6. The molecule has 0 saturated heterocycles. The zero-order valence-electron chi connectivity index (χ0n) is 21.2. The van der Waals surface area contributed by atoms with Gasteiger partial charge in [-0.05, 0) is 61.9 Å². The normalized spacial score (nSPS) is 15.0. The highest BCUT2D eigenvalue weighted by molar-refractivity contribution is 7.92. The first-order valence-corrected chi connectivity index (χ1v) is 14.2. The van der Waals surface area contributed by atoms with Crippen molar-refractivity contribution in [3.63, 3.8) is 0 Å². The fourth-order valence-corrected chi connectivity index (χ4v) is 5.31. The average Bonchev–Trinajstić information content (AvgIpc) is 3.34. The van der Waals surface area contributed by atoms with Gasteiger partial charge in [0.15, 0.2) is 0 Å². The summed E-state index contributed by atoms with van der Waals surface area (Å²) >= 11 is 0. The number of hydrogen-bond donors (Lipinski definition) is 1. The first kappa shape index (κ1) is 26.7. The quantitative estimate of drug-likeness (QED) is 0.539. The maximum absolute atomic E-state index is 13.6. The molecular formula is C27H37N3O4S. The summed E-state index contributed by atoms with van der Waals surface area (Å²) in [5.41, 5.74) is 3.42. The lowest BCUT2D eigenvalue weighted by molar-refractivity contribution is -0.139. The smallest absolute Gasteiger partial charge is 0.244 e. The molecule has 35 heavy (non-hydrogen) atoms. The molecule has 0 radical (unpaired) electrons. The number of nitrogens with zero attached hydrogens (tertiary/aromatic N) is 2. The SMILES string of the molecule is CCc1ccc(N(CC(=O)N(Cc2ccccc2C)C(C)C(=O)NC2CCCC2)S(C)(=O)=O)cc1. The number of sulfonamides is 1. The van der Waals surface area contributed by atoms with Crippen LogP contribution in [0.5, 0.6) is 0 Å². The van der Waals surface area contributed by atoms with Crippen molar-refractivity contribution in [3.05, 3.63) is 65.2 Å². The molecule has 0 aliphatic heterocycles. The number of aryl methyl sites for hydroxylation is 2. The van der Waals surface area contributed by atoms with E-state index in [0.717, 1.165) is 59.4 Å². The molecule has 1 aliphatic rings. The minimum absolute atomic E-state index is 0.130. The highest BCUT2D eigenvalue weighted by Gasteiger charge is 2.31. The van der Waals surface area contributed by atoms with Gasteiger partial charge in [-0.2, -0.15) is 0 Å². The average molecular weight is 500 g/mol. The molecule has 2 aromatic carbocycles. The van der Waals surface area contributed by atoms with Crippen molar-refractivity contribution >= 4 is 27.5 Å². The number of nitrogens with one attached hydrogen (secondary N) is 1. The Labute approximate surface area is 209 Å². The Morgan fingerprint density at radius 2 is 1.69 bits per heavy atom. The number of benzene rings is 2. The van der Waals surface area contributed by atoms with Crippen LogP contribution in [-0.4, -0.2) is 50.0 Å². The molecule has 0 bridgehead atoms. The largest absolute Gasteiger partial charge is 0.352 e. The molecule has 8 heteroatoms. The summed E-state index contributed by atoms with van der Waals surface area (Å²) in [7, 11) is -3.73. The maximum atomic E-state index is 13.6. The lowest BCUT2D eigenvalue weighted by Crippen LogP contribution is -2.52. The minimum Gasteiger partial charge on any atom is -0.352 e. The van der Waals surface area contributed by atoms with Gasteiger partial charge in [0, 0.05) is 12.6 Å². The van der Waals surface area contributed by atoms with Gasteiger partial charge in [0.05, 0.1) is 11.9 Å². The fraction of sp³-hybridized carbons (Fsp3) is 0.481. The van der Waals surface area contributed by atoms with Gasteiger partial charge in [-0.3, -0.25) is 13.9 Å². The zero-order valence-corrected chi connectivity index (χ0v) is 22.0. The Kier molecular flexibility index (Phi) is 8.94. The second-order valence-corrected chi connectivity index (χ2v) is 11.3. The third-order valence-corrected chi connectivity index (χ3v) is 7.92. The van der Waals surface area contributed by atoms with Crippen molar-refractivity contribution in [1.29, 1.82) is 0 Å². The van der Waals surface area contributed by atoms with Gasteiger partial charge in [-0.1, -0.05) is 56.2 Å². The Hall–Kier alpha value is -2.87. The van der Waals surface area contributed by atoms with E-state index in [-0.39, 0.29) is 25.0 Å². The van der Waals surface area contributed by atoms with Gasteiger partial charge in [0.2, 0.25) is 21.8 Å². The van der Waals surface area contributed by atoms with Gasteiger partial charge < -0.3 is 10.2 Å². The van der Waals surface area contributed by atoms with Crippen LogP contribution in [0.2, 0.25) is 0 Å². The van der Waals surface area contributed by atoms with Crippen molar-refractivity contribution in [2.45, 2.75) is 71.5 Å². The first-order valence-electron chi connectivity index (χ1n) is 12.3. The number of rotatable bonds is 10. The van der Waals surface area contributed by atoms with Gasteiger partial charge in [-0.25, -0.2) is 8.42 Å². The van der Waals surface area contributed by atoms with E-state index in [4.69, 9.17) is 0 Å². The topological polar surface area (TPSA) is 86.8 Å². The van der Waals surface area contributed by atoms with E-state index in [1.165, 1.54) is 4.90 Å². The monoisotopic (exact) mass is 499 g/mol. The lowest BCUT2D eigenvalue weighted by Gasteiger charge is -2.32. The van der Waals surface area contributed by atoms with Crippen LogP contribution in [0, 0.1) is 6.92 Å². The summed E-state index contributed by atoms with van der Waals surface area (Å²) in [5, 5.41) is 3.08. The Balaban J connectivity index is 1.88. The predicted octanol–water partition coefficient (Wildman–Crippen LogP) is 3.80. The van der Waals surface area contributed by atoms with Crippen molar-refractivity contribution in [2.75, 3.05) is 17.1 Å². The molecule has 2 aromatic rings. The fourth-order valence-electron chi connectivity index (χ4n) is 4.46. The standard InChI is InChI=1S/C27H37N3O4S/c1-5-22-14-16-25(17-15-22)30(35(4,33)34)19-26(31)29(18-23-11-7-6-10-20(23)2)21(3)27(32)28-24-12-8-9-13-24/h6-7,10-11,14-17,21,24H,5,8-9,12-13,18-19H2,1-4H3,(H,28,32). The van der Waals surface area contributed by atoms with E-state index in [9.17, 15) is 18.0 Å². The van der Waals surface area contributed by atoms with Crippen LogP contribution in [0.3, 0.4) is 0 Å². The van der Waals surface area contributed by atoms with E-state index in [1.54, 1.807) is 19.1 Å². The highest BCUT2D eigenvalue weighted by Crippen LogP contribution is 2.22. The molecule has 2 amide bonds. The van der Waals surface area contributed by atoms with Gasteiger partial charge in [-0.15, -0.1) is 0 Å². The molecule has 1 unspecified atom stereocenters. The van der Waals surface area contributed by atoms with E-state index in [2.05, 4.69) is 5.32 Å². The number of amides is 2. The zero-order chi connectivity index (χ0) is 25.6. The van der Waals surface area contributed by atoms with Gasteiger partial charge >= 0.3 is 0 Å². The molecule has 0 aromatic heterocycles. The summed E-state index contributed by atoms with van der Waals surface area (Å²) in [6.45, 7) is 5.53. The van der Waals surface area contributed by atoms with Crippen molar-refractivity contribution in [3.8, 4) is 0 Å². The van der Waals surface area contributed by atoms with Crippen molar-refractivity contribution < 1.29 is 18.0 Å². The van der Waals surface area contributed by atoms with Gasteiger partial charge in [0.1, 0.15) is 12.6 Å². The van der Waals surface area contributed by atoms with Crippen LogP contribution in [-0.2, 0) is 32.6 Å². The molecule has 0 heterocycles. The number of carbonyl (C=O) groups is 2. The third kappa shape index (κ3) is 7.07. The summed E-state index contributed by atoms with van der Waals surface area (Å²) in [5.74, 6) is -0.635. The predicted molar refractivity (Wildman–Crippen MR) is 140 cm³/mol. The summed E-state index contributed by atoms with van der Waals surface area (Å²) in [4.78, 5) is 28.2. The van der Waals surface area contributed by atoms with E-state index in [0.29, 0.717) is 5.69 Å². The molecule has 1 aliphatic carbocycles. The number of hydrogen-bond acceptors (Lipinski definition) is 4. The van der Waals surface area contributed by atoms with Crippen LogP contribution in [0.1, 0.15) is 56.2 Å². The molecule has 1 atom stereocenters. The van der Waals surface area contributed by atoms with Gasteiger partial charge in [0.25, 0.3) is 0 Å². The van der Waals surface area contributed by atoms with E-state index < -0.39 is 22.0 Å². The molecule has 3 rings (SSSR count). The number of anilines is 1. The molecule has 7 nitrogen and oxygen atoms in total.